The lowest BCUT2D eigenvalue weighted by Crippen LogP contribution is -2.15. The highest BCUT2D eigenvalue weighted by atomic mass is 35.5. The zero-order valence-electron chi connectivity index (χ0n) is 7.54. The third-order valence-corrected chi connectivity index (χ3v) is 2.82. The molecule has 0 aromatic rings. The van der Waals surface area contributed by atoms with Gasteiger partial charge in [0.15, 0.2) is 0 Å². The van der Waals surface area contributed by atoms with Crippen molar-refractivity contribution in [1.29, 1.82) is 0 Å². The summed E-state index contributed by atoms with van der Waals surface area (Å²) in [5, 5.41) is 0. The fourth-order valence-corrected chi connectivity index (χ4v) is 1.63. The van der Waals surface area contributed by atoms with Crippen LogP contribution in [0.15, 0.2) is 23.8 Å². The van der Waals surface area contributed by atoms with Gasteiger partial charge in [0.25, 0.3) is 0 Å². The van der Waals surface area contributed by atoms with E-state index in [1.807, 2.05) is 19.9 Å². The molecule has 0 unspecified atom stereocenters. The monoisotopic (exact) mass is 218 g/mol. The zero-order valence-corrected chi connectivity index (χ0v) is 9.11. The average Bonchev–Trinajstić information content (AvgIpc) is 2.03. The van der Waals surface area contributed by atoms with Gasteiger partial charge >= 0.3 is 0 Å². The Balaban J connectivity index is 2.96. The van der Waals surface area contributed by atoms with E-state index in [9.17, 15) is 8.42 Å². The first-order chi connectivity index (χ1) is 5.91. The largest absolute Gasteiger partial charge is 0.217 e. The summed E-state index contributed by atoms with van der Waals surface area (Å²) in [7, 11) is -2.10. The SMILES string of the molecule is CC(C)(Cl)C1=CCC(=S(=O)=O)C=C1. The molecule has 1 aliphatic rings. The molecule has 1 aliphatic carbocycles. The van der Waals surface area contributed by atoms with E-state index in [-0.39, 0.29) is 0 Å². The summed E-state index contributed by atoms with van der Waals surface area (Å²) in [6.07, 6.45) is 5.64. The van der Waals surface area contributed by atoms with Gasteiger partial charge in [-0.05, 0) is 25.5 Å². The topological polar surface area (TPSA) is 34.1 Å². The minimum atomic E-state index is -2.10. The predicted molar refractivity (Wildman–Crippen MR) is 55.7 cm³/mol. The fraction of sp³-hybridized carbons (Fsp3) is 0.444. The molecule has 2 nitrogen and oxygen atoms in total. The van der Waals surface area contributed by atoms with E-state index in [0.717, 1.165) is 5.57 Å². The number of allylic oxidation sites excluding steroid dienone is 4. The second-order valence-electron chi connectivity index (χ2n) is 3.37. The van der Waals surface area contributed by atoms with Gasteiger partial charge < -0.3 is 0 Å². The minimum absolute atomic E-state index is 0.407. The summed E-state index contributed by atoms with van der Waals surface area (Å²) in [6, 6.07) is 0. The number of rotatable bonds is 1. The van der Waals surface area contributed by atoms with Gasteiger partial charge in [-0.15, -0.1) is 11.6 Å². The summed E-state index contributed by atoms with van der Waals surface area (Å²) in [4.78, 5) is -0.0171. The molecule has 72 valence electrons. The zero-order chi connectivity index (χ0) is 10.1. The molecule has 0 atom stereocenters. The summed E-state index contributed by atoms with van der Waals surface area (Å²) in [5.74, 6) is 0. The van der Waals surface area contributed by atoms with Crippen LogP contribution in [0.4, 0.5) is 0 Å². The molecule has 0 aliphatic heterocycles. The van der Waals surface area contributed by atoms with Gasteiger partial charge in [-0.3, -0.25) is 0 Å². The highest BCUT2D eigenvalue weighted by Crippen LogP contribution is 2.27. The molecule has 0 saturated heterocycles. The van der Waals surface area contributed by atoms with Gasteiger partial charge in [0.2, 0.25) is 10.3 Å². The highest BCUT2D eigenvalue weighted by molar-refractivity contribution is 7.73. The summed E-state index contributed by atoms with van der Waals surface area (Å²) in [5.41, 5.74) is 0.961. The Morgan fingerprint density at radius 2 is 2.00 bits per heavy atom. The second-order valence-corrected chi connectivity index (χ2v) is 5.31. The first-order valence-electron chi connectivity index (χ1n) is 3.94. The van der Waals surface area contributed by atoms with Crippen LogP contribution < -0.4 is 0 Å². The fourth-order valence-electron chi connectivity index (χ4n) is 1.09. The van der Waals surface area contributed by atoms with Crippen LogP contribution >= 0.6 is 11.6 Å². The van der Waals surface area contributed by atoms with Crippen LogP contribution in [0.2, 0.25) is 0 Å². The van der Waals surface area contributed by atoms with E-state index in [4.69, 9.17) is 11.6 Å². The normalized spacial score (nSPS) is 17.2. The van der Waals surface area contributed by atoms with Gasteiger partial charge in [0.1, 0.15) is 0 Å². The van der Waals surface area contributed by atoms with Crippen LogP contribution in [-0.4, -0.2) is 18.2 Å². The van der Waals surface area contributed by atoms with Crippen LogP contribution in [0.1, 0.15) is 20.3 Å². The predicted octanol–water partition coefficient (Wildman–Crippen LogP) is 1.94. The Morgan fingerprint density at radius 3 is 2.31 bits per heavy atom. The maximum Gasteiger partial charge on any atom is 0.217 e. The molecule has 0 spiro atoms. The summed E-state index contributed by atoms with van der Waals surface area (Å²) in [6.45, 7) is 3.76. The van der Waals surface area contributed by atoms with Crippen molar-refractivity contribution in [3.05, 3.63) is 23.8 Å². The third-order valence-electron chi connectivity index (χ3n) is 1.87. The first-order valence-corrected chi connectivity index (χ1v) is 5.39. The van der Waals surface area contributed by atoms with Crippen molar-refractivity contribution < 1.29 is 8.42 Å². The van der Waals surface area contributed by atoms with E-state index in [0.29, 0.717) is 11.3 Å². The average molecular weight is 219 g/mol. The molecule has 0 aromatic carbocycles. The lowest BCUT2D eigenvalue weighted by atomic mass is 9.96. The second kappa shape index (κ2) is 3.68. The maximum atomic E-state index is 10.6. The number of alkyl halides is 1. The van der Waals surface area contributed by atoms with Crippen molar-refractivity contribution in [3.63, 3.8) is 0 Å². The first kappa shape index (κ1) is 10.5. The lowest BCUT2D eigenvalue weighted by Gasteiger charge is -2.19. The van der Waals surface area contributed by atoms with Crippen molar-refractivity contribution in [2.24, 2.45) is 0 Å². The lowest BCUT2D eigenvalue weighted by molar-refractivity contribution is 0.627. The minimum Gasteiger partial charge on any atom is -0.184 e. The molecule has 0 amide bonds. The molecular formula is C9H11ClO2S. The molecule has 0 bridgehead atoms. The molecule has 0 aromatic heterocycles. The Kier molecular flexibility index (Phi) is 2.98. The van der Waals surface area contributed by atoms with Crippen molar-refractivity contribution in [1.82, 2.24) is 0 Å². The molecule has 0 fully saturated rings. The van der Waals surface area contributed by atoms with Crippen LogP contribution in [0, 0.1) is 0 Å². The van der Waals surface area contributed by atoms with Crippen molar-refractivity contribution >= 4 is 26.8 Å². The highest BCUT2D eigenvalue weighted by Gasteiger charge is 2.19. The van der Waals surface area contributed by atoms with E-state index in [2.05, 4.69) is 0 Å². The quantitative estimate of drug-likeness (QED) is 0.498. The molecular weight excluding hydrogens is 208 g/mol. The van der Waals surface area contributed by atoms with Gasteiger partial charge in [-0.2, -0.15) is 8.42 Å². The van der Waals surface area contributed by atoms with Crippen LogP contribution in [0.5, 0.6) is 0 Å². The van der Waals surface area contributed by atoms with Gasteiger partial charge in [-0.1, -0.05) is 12.2 Å². The third kappa shape index (κ3) is 2.71. The summed E-state index contributed by atoms with van der Waals surface area (Å²) >= 11 is 6.06. The molecule has 4 heteroatoms. The van der Waals surface area contributed by atoms with Crippen LogP contribution in [0.3, 0.4) is 0 Å². The standard InChI is InChI=1S/C9H11ClO2S/c1-9(2,10)7-3-5-8(6-4-7)13(11)12/h3-5H,6H2,1-2H3. The molecule has 0 saturated carbocycles. The number of halogens is 1. The molecule has 1 rings (SSSR count). The van der Waals surface area contributed by atoms with Gasteiger partial charge in [0, 0.05) is 6.42 Å². The number of hydrogen-bond donors (Lipinski definition) is 0. The Hall–Kier alpha value is -0.540. The van der Waals surface area contributed by atoms with Crippen LogP contribution in [-0.2, 0) is 10.3 Å². The van der Waals surface area contributed by atoms with Crippen molar-refractivity contribution in [2.75, 3.05) is 0 Å². The Bertz CT molecular complexity index is 386. The van der Waals surface area contributed by atoms with E-state index in [1.54, 1.807) is 12.2 Å². The van der Waals surface area contributed by atoms with E-state index >= 15 is 0 Å². The van der Waals surface area contributed by atoms with Gasteiger partial charge in [-0.25, -0.2) is 0 Å². The molecule has 13 heavy (non-hydrogen) atoms. The molecule has 0 N–H and O–H groups in total. The van der Waals surface area contributed by atoms with Crippen LogP contribution in [0.25, 0.3) is 0 Å². The molecule has 0 heterocycles. The smallest absolute Gasteiger partial charge is 0.184 e. The van der Waals surface area contributed by atoms with E-state index in [1.165, 1.54) is 0 Å². The molecule has 0 radical (unpaired) electrons. The maximum absolute atomic E-state index is 10.6. The van der Waals surface area contributed by atoms with Crippen molar-refractivity contribution in [3.8, 4) is 0 Å². The van der Waals surface area contributed by atoms with Gasteiger partial charge in [0.05, 0.1) is 9.74 Å². The Labute approximate surface area is 84.4 Å². The van der Waals surface area contributed by atoms with E-state index < -0.39 is 15.2 Å². The summed E-state index contributed by atoms with van der Waals surface area (Å²) < 4.78 is 21.1. The Morgan fingerprint density at radius 1 is 1.38 bits per heavy atom. The number of hydrogen-bond acceptors (Lipinski definition) is 2. The van der Waals surface area contributed by atoms with Crippen molar-refractivity contribution in [2.45, 2.75) is 25.1 Å².